The minimum atomic E-state index is -0.486. The fraction of sp³-hybridized carbons (Fsp3) is 0.0588. The third-order valence-electron chi connectivity index (χ3n) is 3.03. The summed E-state index contributed by atoms with van der Waals surface area (Å²) in [6.45, 7) is 0. The molecule has 0 saturated heterocycles. The molecule has 0 saturated carbocycles. The Labute approximate surface area is 138 Å². The number of nitrogens with zero attached hydrogens (tertiary/aromatic N) is 1. The van der Waals surface area contributed by atoms with E-state index >= 15 is 0 Å². The van der Waals surface area contributed by atoms with E-state index in [-0.39, 0.29) is 22.8 Å². The van der Waals surface area contributed by atoms with Gasteiger partial charge in [-0.2, -0.15) is 5.10 Å². The number of nitrogens with one attached hydrogen (secondary N) is 1. The minimum absolute atomic E-state index is 0.0211. The number of ether oxygens (including phenoxy) is 1. The summed E-state index contributed by atoms with van der Waals surface area (Å²) in [4.78, 5) is 11.7. The van der Waals surface area contributed by atoms with Crippen LogP contribution in [-0.2, 0) is 4.79 Å². The van der Waals surface area contributed by atoms with Crippen molar-refractivity contribution in [2.24, 2.45) is 5.10 Å². The molecule has 0 aliphatic heterocycles. The molecule has 0 aliphatic carbocycles. The predicted molar refractivity (Wildman–Crippen MR) is 89.2 cm³/mol. The van der Waals surface area contributed by atoms with E-state index < -0.39 is 5.91 Å². The third kappa shape index (κ3) is 4.51. The Morgan fingerprint density at radius 2 is 1.75 bits per heavy atom. The quantitative estimate of drug-likeness (QED) is 0.381. The normalized spacial score (nSPS) is 11.0. The van der Waals surface area contributed by atoms with Crippen LogP contribution < -0.4 is 10.2 Å². The van der Waals surface area contributed by atoms with Crippen LogP contribution in [0.1, 0.15) is 11.1 Å². The van der Waals surface area contributed by atoms with Crippen LogP contribution in [0.4, 0.5) is 0 Å². The molecule has 7 heteroatoms. The average Bonchev–Trinajstić information content (AvgIpc) is 2.55. The summed E-state index contributed by atoms with van der Waals surface area (Å²) in [5, 5.41) is 32.0. The van der Waals surface area contributed by atoms with Crippen molar-refractivity contribution in [3.05, 3.63) is 53.6 Å². The van der Waals surface area contributed by atoms with Crippen LogP contribution in [-0.4, -0.2) is 34.6 Å². The van der Waals surface area contributed by atoms with E-state index in [1.165, 1.54) is 6.08 Å². The van der Waals surface area contributed by atoms with E-state index in [2.05, 4.69) is 10.5 Å². The van der Waals surface area contributed by atoms with Crippen molar-refractivity contribution in [2.75, 3.05) is 7.11 Å². The molecule has 0 spiro atoms. The summed E-state index contributed by atoms with van der Waals surface area (Å²) >= 11 is 0. The van der Waals surface area contributed by atoms with Gasteiger partial charge in [0.1, 0.15) is 23.0 Å². The van der Waals surface area contributed by atoms with Gasteiger partial charge in [-0.05, 0) is 23.8 Å². The van der Waals surface area contributed by atoms with Crippen LogP contribution in [0.15, 0.2) is 47.6 Å². The Hall–Kier alpha value is -3.48. The second-order valence-electron chi connectivity index (χ2n) is 4.74. The number of carbonyl (C=O) groups excluding carboxylic acids is 1. The van der Waals surface area contributed by atoms with Crippen LogP contribution in [0, 0.1) is 0 Å². The van der Waals surface area contributed by atoms with Gasteiger partial charge < -0.3 is 20.1 Å². The lowest BCUT2D eigenvalue weighted by atomic mass is 10.2. The molecule has 2 rings (SSSR count). The molecule has 0 atom stereocenters. The molecule has 0 bridgehead atoms. The van der Waals surface area contributed by atoms with Crippen molar-refractivity contribution in [2.45, 2.75) is 0 Å². The molecule has 7 nitrogen and oxygen atoms in total. The molecular formula is C17H16N2O5. The highest BCUT2D eigenvalue weighted by Gasteiger charge is 2.07. The van der Waals surface area contributed by atoms with Crippen LogP contribution in [0.3, 0.4) is 0 Å². The predicted octanol–water partition coefficient (Wildman–Crippen LogP) is 1.98. The molecule has 0 radical (unpaired) electrons. The average molecular weight is 328 g/mol. The number of hydrogen-bond acceptors (Lipinski definition) is 6. The van der Waals surface area contributed by atoms with Gasteiger partial charge in [0.05, 0.1) is 18.9 Å². The molecule has 0 unspecified atom stereocenters. The smallest absolute Gasteiger partial charge is 0.264 e. The summed E-state index contributed by atoms with van der Waals surface area (Å²) in [6, 6.07) is 9.22. The first-order valence-electron chi connectivity index (χ1n) is 6.89. The van der Waals surface area contributed by atoms with Crippen molar-refractivity contribution in [1.82, 2.24) is 5.43 Å². The molecular weight excluding hydrogens is 312 g/mol. The van der Waals surface area contributed by atoms with E-state index in [1.807, 2.05) is 0 Å². The Kier molecular flexibility index (Phi) is 5.40. The van der Waals surface area contributed by atoms with Gasteiger partial charge in [-0.3, -0.25) is 4.79 Å². The molecule has 0 aliphatic rings. The number of phenols is 3. The number of hydrazone groups is 1. The lowest BCUT2D eigenvalue weighted by Crippen LogP contribution is -2.14. The highest BCUT2D eigenvalue weighted by molar-refractivity contribution is 5.93. The Bertz CT molecular complexity index is 759. The number of carbonyl (C=O) groups is 1. The maximum atomic E-state index is 11.7. The van der Waals surface area contributed by atoms with Crippen molar-refractivity contribution in [3.8, 4) is 23.0 Å². The van der Waals surface area contributed by atoms with Crippen molar-refractivity contribution < 1.29 is 24.9 Å². The largest absolute Gasteiger partial charge is 0.508 e. The highest BCUT2D eigenvalue weighted by Crippen LogP contribution is 2.30. The fourth-order valence-corrected chi connectivity index (χ4v) is 1.83. The third-order valence-corrected chi connectivity index (χ3v) is 3.03. The van der Waals surface area contributed by atoms with Gasteiger partial charge in [0.2, 0.25) is 0 Å². The van der Waals surface area contributed by atoms with Gasteiger partial charge in [-0.25, -0.2) is 5.43 Å². The van der Waals surface area contributed by atoms with Gasteiger partial charge >= 0.3 is 0 Å². The van der Waals surface area contributed by atoms with Gasteiger partial charge in [0.25, 0.3) is 5.91 Å². The number of benzene rings is 2. The first kappa shape index (κ1) is 16.9. The Morgan fingerprint density at radius 3 is 2.33 bits per heavy atom. The molecule has 0 heterocycles. The maximum Gasteiger partial charge on any atom is 0.264 e. The van der Waals surface area contributed by atoms with Crippen LogP contribution >= 0.6 is 0 Å². The summed E-state index contributed by atoms with van der Waals surface area (Å²) < 4.78 is 5.04. The number of rotatable bonds is 5. The van der Waals surface area contributed by atoms with E-state index in [0.717, 1.165) is 29.7 Å². The van der Waals surface area contributed by atoms with Gasteiger partial charge in [-0.1, -0.05) is 12.1 Å². The lowest BCUT2D eigenvalue weighted by Gasteiger charge is -2.03. The minimum Gasteiger partial charge on any atom is -0.508 e. The monoisotopic (exact) mass is 328 g/mol. The van der Waals surface area contributed by atoms with Crippen molar-refractivity contribution in [1.29, 1.82) is 0 Å². The number of hydrogen-bond donors (Lipinski definition) is 4. The summed E-state index contributed by atoms with van der Waals surface area (Å²) in [5.41, 5.74) is 3.02. The Morgan fingerprint density at radius 1 is 1.12 bits per heavy atom. The summed E-state index contributed by atoms with van der Waals surface area (Å²) in [5.74, 6) is -0.776. The highest BCUT2D eigenvalue weighted by atomic mass is 16.5. The topological polar surface area (TPSA) is 111 Å². The number of phenolic OH excluding ortho intramolecular Hbond substituents is 3. The van der Waals surface area contributed by atoms with Crippen molar-refractivity contribution >= 4 is 18.2 Å². The molecule has 2 aromatic carbocycles. The number of aromatic hydroxyl groups is 3. The lowest BCUT2D eigenvalue weighted by molar-refractivity contribution is -0.116. The van der Waals surface area contributed by atoms with Crippen LogP contribution in [0.5, 0.6) is 23.0 Å². The van der Waals surface area contributed by atoms with E-state index in [9.17, 15) is 20.1 Å². The zero-order chi connectivity index (χ0) is 17.5. The standard InChI is InChI=1S/C17H16N2O5/c1-24-13-5-2-11(3-6-13)4-7-17(23)19-18-10-14-15(21)8-12(20)9-16(14)22/h2-10,20-22H,1H3,(H,19,23). The van der Waals surface area contributed by atoms with Gasteiger partial charge in [-0.15, -0.1) is 0 Å². The van der Waals surface area contributed by atoms with E-state index in [0.29, 0.717) is 0 Å². The molecule has 124 valence electrons. The van der Waals surface area contributed by atoms with Crippen molar-refractivity contribution in [3.63, 3.8) is 0 Å². The Balaban J connectivity index is 1.96. The van der Waals surface area contributed by atoms with Gasteiger partial charge in [0, 0.05) is 18.2 Å². The molecule has 1 amide bonds. The second kappa shape index (κ2) is 7.68. The molecule has 4 N–H and O–H groups in total. The number of amides is 1. The van der Waals surface area contributed by atoms with Crippen LogP contribution in [0.2, 0.25) is 0 Å². The first-order chi connectivity index (χ1) is 11.5. The van der Waals surface area contributed by atoms with E-state index in [1.54, 1.807) is 37.5 Å². The molecule has 24 heavy (non-hydrogen) atoms. The maximum absolute atomic E-state index is 11.7. The fourth-order valence-electron chi connectivity index (χ4n) is 1.83. The van der Waals surface area contributed by atoms with E-state index in [4.69, 9.17) is 4.74 Å². The first-order valence-corrected chi connectivity index (χ1v) is 6.89. The molecule has 0 aromatic heterocycles. The van der Waals surface area contributed by atoms with Crippen LogP contribution in [0.25, 0.3) is 6.08 Å². The SMILES string of the molecule is COc1ccc(C=CC(=O)NN=Cc2c(O)cc(O)cc2O)cc1. The second-order valence-corrected chi connectivity index (χ2v) is 4.74. The number of methoxy groups -OCH3 is 1. The molecule has 0 fully saturated rings. The summed E-state index contributed by atoms with van der Waals surface area (Å²) in [6.07, 6.45) is 3.96. The zero-order valence-electron chi connectivity index (χ0n) is 12.8. The molecule has 2 aromatic rings. The zero-order valence-corrected chi connectivity index (χ0v) is 12.8. The summed E-state index contributed by atoms with van der Waals surface area (Å²) in [7, 11) is 1.57. The van der Waals surface area contributed by atoms with Gasteiger partial charge in [0.15, 0.2) is 0 Å².